The Balaban J connectivity index is 0.00000192. The smallest absolute Gasteiger partial charge is 0.241 e. The molecule has 7 heteroatoms. The van der Waals surface area contributed by atoms with Gasteiger partial charge in [0.1, 0.15) is 0 Å². The molecule has 23 heavy (non-hydrogen) atoms. The van der Waals surface area contributed by atoms with Crippen LogP contribution in [0.4, 0.5) is 0 Å². The van der Waals surface area contributed by atoms with E-state index in [1.807, 2.05) is 24.3 Å². The molecule has 1 fully saturated rings. The van der Waals surface area contributed by atoms with Crippen LogP contribution in [-0.2, 0) is 6.54 Å². The summed E-state index contributed by atoms with van der Waals surface area (Å²) in [5.74, 6) is 1.27. The molecule has 0 radical (unpaired) electrons. The lowest BCUT2D eigenvalue weighted by atomic mass is 10.1. The maximum Gasteiger partial charge on any atom is 0.241 e. The Labute approximate surface area is 147 Å². The Hall–Kier alpha value is -1.14. The molecule has 126 valence electrons. The minimum Gasteiger partial charge on any atom is -0.338 e. The highest BCUT2D eigenvalue weighted by molar-refractivity contribution is 6.30. The predicted octanol–water partition coefficient (Wildman–Crippen LogP) is 3.39. The highest BCUT2D eigenvalue weighted by Crippen LogP contribution is 2.20. The molecule has 1 aliphatic rings. The Morgan fingerprint density at radius 2 is 2.04 bits per heavy atom. The first kappa shape index (κ1) is 18.2. The van der Waals surface area contributed by atoms with Crippen molar-refractivity contribution in [3.05, 3.63) is 35.2 Å². The molecule has 0 amide bonds. The highest BCUT2D eigenvalue weighted by atomic mass is 35.5. The van der Waals surface area contributed by atoms with Crippen molar-refractivity contribution < 1.29 is 4.52 Å². The molecule has 1 aromatic carbocycles. The van der Waals surface area contributed by atoms with Crippen LogP contribution in [-0.4, -0.2) is 41.2 Å². The van der Waals surface area contributed by atoms with E-state index in [-0.39, 0.29) is 12.4 Å². The predicted molar refractivity (Wildman–Crippen MR) is 94.0 cm³/mol. The average molecular weight is 357 g/mol. The maximum absolute atomic E-state index is 5.90. The zero-order valence-corrected chi connectivity index (χ0v) is 14.7. The van der Waals surface area contributed by atoms with Gasteiger partial charge >= 0.3 is 0 Å². The van der Waals surface area contributed by atoms with Crippen molar-refractivity contribution in [1.29, 1.82) is 0 Å². The maximum atomic E-state index is 5.90. The number of benzene rings is 1. The molecule has 1 aliphatic heterocycles. The molecule has 1 saturated heterocycles. The third kappa shape index (κ3) is 4.91. The summed E-state index contributed by atoms with van der Waals surface area (Å²) in [6.45, 7) is 2.88. The number of nitrogens with one attached hydrogen (secondary N) is 1. The van der Waals surface area contributed by atoms with Gasteiger partial charge in [-0.05, 0) is 63.7 Å². The van der Waals surface area contributed by atoms with Crippen molar-refractivity contribution in [2.75, 3.05) is 20.1 Å². The van der Waals surface area contributed by atoms with Crippen LogP contribution in [0.25, 0.3) is 11.4 Å². The van der Waals surface area contributed by atoms with Crippen LogP contribution in [0.1, 0.15) is 25.2 Å². The highest BCUT2D eigenvalue weighted by Gasteiger charge is 2.19. The quantitative estimate of drug-likeness (QED) is 0.909. The van der Waals surface area contributed by atoms with Gasteiger partial charge in [-0.15, -0.1) is 12.4 Å². The number of nitrogens with zero attached hydrogens (tertiary/aromatic N) is 3. The van der Waals surface area contributed by atoms with E-state index >= 15 is 0 Å². The van der Waals surface area contributed by atoms with Gasteiger partial charge in [0.25, 0.3) is 0 Å². The van der Waals surface area contributed by atoms with Gasteiger partial charge in [-0.2, -0.15) is 4.98 Å². The number of rotatable bonds is 4. The average Bonchev–Trinajstić information content (AvgIpc) is 2.81. The van der Waals surface area contributed by atoms with Gasteiger partial charge in [-0.1, -0.05) is 16.8 Å². The molecule has 1 N–H and O–H groups in total. The molecule has 0 bridgehead atoms. The topological polar surface area (TPSA) is 54.2 Å². The number of halogens is 2. The van der Waals surface area contributed by atoms with Crippen LogP contribution in [0.2, 0.25) is 5.02 Å². The van der Waals surface area contributed by atoms with Crippen molar-refractivity contribution in [2.24, 2.45) is 0 Å². The summed E-state index contributed by atoms with van der Waals surface area (Å²) in [5, 5.41) is 8.20. The Morgan fingerprint density at radius 3 is 2.83 bits per heavy atom. The fourth-order valence-corrected chi connectivity index (χ4v) is 2.95. The summed E-state index contributed by atoms with van der Waals surface area (Å²) in [6.07, 6.45) is 3.59. The molecule has 2 aromatic rings. The Kier molecular flexibility index (Phi) is 6.84. The van der Waals surface area contributed by atoms with Gasteiger partial charge in [0.2, 0.25) is 11.7 Å². The summed E-state index contributed by atoms with van der Waals surface area (Å²) in [5.41, 5.74) is 0.917. The molecule has 0 saturated carbocycles. The van der Waals surface area contributed by atoms with Gasteiger partial charge in [-0.3, -0.25) is 4.90 Å². The van der Waals surface area contributed by atoms with Gasteiger partial charge in [0, 0.05) is 16.6 Å². The monoisotopic (exact) mass is 356 g/mol. The van der Waals surface area contributed by atoms with Crippen LogP contribution in [0.5, 0.6) is 0 Å². The Bertz CT molecular complexity index is 594. The SMILES string of the molecule is CN(Cc1nc(-c2ccc(Cl)cc2)no1)C1CCCNCC1.Cl. The molecular formula is C16H22Cl2N4O. The lowest BCUT2D eigenvalue weighted by Crippen LogP contribution is -2.32. The van der Waals surface area contributed by atoms with Crippen LogP contribution in [0, 0.1) is 0 Å². The number of hydrogen-bond donors (Lipinski definition) is 1. The van der Waals surface area contributed by atoms with Gasteiger partial charge in [0.05, 0.1) is 6.54 Å². The van der Waals surface area contributed by atoms with Crippen molar-refractivity contribution in [1.82, 2.24) is 20.4 Å². The second-order valence-corrected chi connectivity index (χ2v) is 6.20. The summed E-state index contributed by atoms with van der Waals surface area (Å²) in [6, 6.07) is 8.03. The summed E-state index contributed by atoms with van der Waals surface area (Å²) < 4.78 is 5.39. The second kappa shape index (κ2) is 8.64. The van der Waals surface area contributed by atoms with E-state index < -0.39 is 0 Å². The Morgan fingerprint density at radius 1 is 1.26 bits per heavy atom. The molecule has 1 atom stereocenters. The van der Waals surface area contributed by atoms with Crippen LogP contribution in [0.15, 0.2) is 28.8 Å². The normalized spacial score (nSPS) is 18.5. The van der Waals surface area contributed by atoms with E-state index in [0.29, 0.717) is 29.3 Å². The summed E-state index contributed by atoms with van der Waals surface area (Å²) >= 11 is 5.90. The molecule has 2 heterocycles. The van der Waals surface area contributed by atoms with Gasteiger partial charge in [0.15, 0.2) is 0 Å². The minimum atomic E-state index is 0. The van der Waals surface area contributed by atoms with Crippen LogP contribution < -0.4 is 5.32 Å². The van der Waals surface area contributed by atoms with Crippen molar-refractivity contribution >= 4 is 24.0 Å². The first-order valence-electron chi connectivity index (χ1n) is 7.72. The van der Waals surface area contributed by atoms with E-state index in [1.165, 1.54) is 12.8 Å². The molecule has 3 rings (SSSR count). The van der Waals surface area contributed by atoms with Crippen LogP contribution >= 0.6 is 24.0 Å². The third-order valence-corrected chi connectivity index (χ3v) is 4.38. The van der Waals surface area contributed by atoms with E-state index in [1.54, 1.807) is 0 Å². The summed E-state index contributed by atoms with van der Waals surface area (Å²) in [7, 11) is 2.13. The van der Waals surface area contributed by atoms with Crippen LogP contribution in [0.3, 0.4) is 0 Å². The molecule has 1 aromatic heterocycles. The zero-order valence-electron chi connectivity index (χ0n) is 13.2. The standard InChI is InChI=1S/C16H21ClN4O.ClH/c1-21(14-3-2-9-18-10-8-14)11-15-19-16(20-22-15)12-4-6-13(17)7-5-12;/h4-7,14,18H,2-3,8-11H2,1H3;1H. The van der Waals surface area contributed by atoms with Crippen molar-refractivity contribution in [3.63, 3.8) is 0 Å². The van der Waals surface area contributed by atoms with E-state index in [0.717, 1.165) is 25.1 Å². The zero-order chi connectivity index (χ0) is 15.4. The fourth-order valence-electron chi connectivity index (χ4n) is 2.82. The molecule has 0 spiro atoms. The van der Waals surface area contributed by atoms with E-state index in [9.17, 15) is 0 Å². The summed E-state index contributed by atoms with van der Waals surface area (Å²) in [4.78, 5) is 6.80. The molecule has 1 unspecified atom stereocenters. The van der Waals surface area contributed by atoms with E-state index in [4.69, 9.17) is 16.1 Å². The van der Waals surface area contributed by atoms with Gasteiger partial charge < -0.3 is 9.84 Å². The molecular weight excluding hydrogens is 335 g/mol. The second-order valence-electron chi connectivity index (χ2n) is 5.77. The number of hydrogen-bond acceptors (Lipinski definition) is 5. The minimum absolute atomic E-state index is 0. The third-order valence-electron chi connectivity index (χ3n) is 4.12. The lowest BCUT2D eigenvalue weighted by molar-refractivity contribution is 0.190. The number of aromatic nitrogens is 2. The van der Waals surface area contributed by atoms with Crippen molar-refractivity contribution in [3.8, 4) is 11.4 Å². The van der Waals surface area contributed by atoms with E-state index in [2.05, 4.69) is 27.4 Å². The van der Waals surface area contributed by atoms with Crippen molar-refractivity contribution in [2.45, 2.75) is 31.8 Å². The molecule has 0 aliphatic carbocycles. The molecule has 5 nitrogen and oxygen atoms in total. The lowest BCUT2D eigenvalue weighted by Gasteiger charge is -2.25. The largest absolute Gasteiger partial charge is 0.338 e. The van der Waals surface area contributed by atoms with Gasteiger partial charge in [-0.25, -0.2) is 0 Å². The first-order chi connectivity index (χ1) is 10.7. The fraction of sp³-hybridized carbons (Fsp3) is 0.500. The first-order valence-corrected chi connectivity index (χ1v) is 8.09.